The third kappa shape index (κ3) is 2.97. The highest BCUT2D eigenvalue weighted by Crippen LogP contribution is 2.35. The first-order valence-corrected chi connectivity index (χ1v) is 7.78. The van der Waals surface area contributed by atoms with E-state index in [-0.39, 0.29) is 11.9 Å². The molecule has 1 amide bonds. The first-order chi connectivity index (χ1) is 11.6. The number of amides is 1. The van der Waals surface area contributed by atoms with Crippen molar-refractivity contribution in [3.63, 3.8) is 0 Å². The predicted molar refractivity (Wildman–Crippen MR) is 92.4 cm³/mol. The summed E-state index contributed by atoms with van der Waals surface area (Å²) in [5.41, 5.74) is 2.75. The van der Waals surface area contributed by atoms with Crippen molar-refractivity contribution in [2.24, 2.45) is 5.10 Å². The molecule has 5 nitrogen and oxygen atoms in total. The Morgan fingerprint density at radius 2 is 1.92 bits per heavy atom. The monoisotopic (exact) mass is 324 g/mol. The van der Waals surface area contributed by atoms with Crippen molar-refractivity contribution in [3.05, 3.63) is 59.7 Å². The van der Waals surface area contributed by atoms with Crippen molar-refractivity contribution in [1.29, 1.82) is 0 Å². The Hall–Kier alpha value is -2.82. The van der Waals surface area contributed by atoms with Gasteiger partial charge in [0, 0.05) is 18.9 Å². The summed E-state index contributed by atoms with van der Waals surface area (Å²) in [7, 11) is 3.27. The average Bonchev–Trinajstić information content (AvgIpc) is 3.07. The molecule has 0 aliphatic carbocycles. The van der Waals surface area contributed by atoms with E-state index in [1.807, 2.05) is 48.5 Å². The predicted octanol–water partition coefficient (Wildman–Crippen LogP) is 3.40. The van der Waals surface area contributed by atoms with Gasteiger partial charge in [0.05, 0.1) is 26.0 Å². The topological polar surface area (TPSA) is 51.1 Å². The van der Waals surface area contributed by atoms with Crippen LogP contribution in [0, 0.1) is 0 Å². The first-order valence-electron chi connectivity index (χ1n) is 7.78. The standard InChI is InChI=1S/C19H20N2O3/c1-13(22)21-18(14-7-6-8-15(11-14)23-2)12-17(20-21)16-9-4-5-10-19(16)24-3/h4-11,18H,12H2,1-3H3/t18-/m1/s1. The van der Waals surface area contributed by atoms with Gasteiger partial charge in [-0.05, 0) is 29.8 Å². The van der Waals surface area contributed by atoms with Gasteiger partial charge >= 0.3 is 0 Å². The van der Waals surface area contributed by atoms with Crippen molar-refractivity contribution in [3.8, 4) is 11.5 Å². The van der Waals surface area contributed by atoms with Gasteiger partial charge in [-0.2, -0.15) is 5.10 Å². The molecule has 1 heterocycles. The van der Waals surface area contributed by atoms with E-state index in [2.05, 4.69) is 5.10 Å². The fraction of sp³-hybridized carbons (Fsp3) is 0.263. The molecule has 1 aliphatic rings. The quantitative estimate of drug-likeness (QED) is 0.866. The lowest BCUT2D eigenvalue weighted by Crippen LogP contribution is -2.24. The van der Waals surface area contributed by atoms with E-state index in [1.165, 1.54) is 11.9 Å². The van der Waals surface area contributed by atoms with Crippen molar-refractivity contribution < 1.29 is 14.3 Å². The lowest BCUT2D eigenvalue weighted by Gasteiger charge is -2.20. The highest BCUT2D eigenvalue weighted by Gasteiger charge is 2.32. The summed E-state index contributed by atoms with van der Waals surface area (Å²) in [6.07, 6.45) is 0.632. The van der Waals surface area contributed by atoms with Gasteiger partial charge in [0.15, 0.2) is 0 Å². The summed E-state index contributed by atoms with van der Waals surface area (Å²) in [4.78, 5) is 12.1. The number of nitrogens with zero attached hydrogens (tertiary/aromatic N) is 2. The zero-order chi connectivity index (χ0) is 17.1. The molecule has 0 aromatic heterocycles. The molecular weight excluding hydrogens is 304 g/mol. The first kappa shape index (κ1) is 16.1. The maximum absolute atomic E-state index is 12.1. The van der Waals surface area contributed by atoms with Crippen LogP contribution in [0.15, 0.2) is 53.6 Å². The average molecular weight is 324 g/mol. The van der Waals surface area contributed by atoms with Crippen molar-refractivity contribution in [1.82, 2.24) is 5.01 Å². The molecule has 0 N–H and O–H groups in total. The number of hydrogen-bond acceptors (Lipinski definition) is 4. The number of carbonyl (C=O) groups excluding carboxylic acids is 1. The molecule has 0 saturated carbocycles. The Labute approximate surface area is 141 Å². The van der Waals surface area contributed by atoms with Crippen LogP contribution in [0.4, 0.5) is 0 Å². The van der Waals surface area contributed by atoms with E-state index >= 15 is 0 Å². The van der Waals surface area contributed by atoms with Gasteiger partial charge in [0.25, 0.3) is 0 Å². The van der Waals surface area contributed by atoms with Crippen LogP contribution < -0.4 is 9.47 Å². The Kier molecular flexibility index (Phi) is 4.51. The molecule has 24 heavy (non-hydrogen) atoms. The SMILES string of the molecule is COc1cccc([C@H]2CC(c3ccccc3OC)=NN2C(C)=O)c1. The maximum Gasteiger partial charge on any atom is 0.240 e. The normalized spacial score (nSPS) is 16.7. The summed E-state index contributed by atoms with van der Waals surface area (Å²) < 4.78 is 10.7. The number of carbonyl (C=O) groups is 1. The number of hydrazone groups is 1. The molecule has 2 aromatic carbocycles. The van der Waals surface area contributed by atoms with Crippen LogP contribution in [-0.2, 0) is 4.79 Å². The molecule has 2 aromatic rings. The molecule has 0 spiro atoms. The van der Waals surface area contributed by atoms with Gasteiger partial charge in [0.2, 0.25) is 5.91 Å². The Bertz CT molecular complexity index is 786. The van der Waals surface area contributed by atoms with E-state index < -0.39 is 0 Å². The molecule has 0 bridgehead atoms. The van der Waals surface area contributed by atoms with Gasteiger partial charge in [-0.25, -0.2) is 5.01 Å². The minimum absolute atomic E-state index is 0.0901. The van der Waals surface area contributed by atoms with Crippen LogP contribution in [0.1, 0.15) is 30.5 Å². The molecule has 0 unspecified atom stereocenters. The van der Waals surface area contributed by atoms with E-state index in [9.17, 15) is 4.79 Å². The minimum Gasteiger partial charge on any atom is -0.497 e. The highest BCUT2D eigenvalue weighted by atomic mass is 16.5. The van der Waals surface area contributed by atoms with Gasteiger partial charge < -0.3 is 9.47 Å². The van der Waals surface area contributed by atoms with Crippen LogP contribution >= 0.6 is 0 Å². The van der Waals surface area contributed by atoms with Crippen molar-refractivity contribution in [2.75, 3.05) is 14.2 Å². The number of hydrogen-bond donors (Lipinski definition) is 0. The summed E-state index contributed by atoms with van der Waals surface area (Å²) in [6.45, 7) is 1.53. The Balaban J connectivity index is 1.98. The zero-order valence-electron chi connectivity index (χ0n) is 14.0. The second-order valence-electron chi connectivity index (χ2n) is 5.61. The molecular formula is C19H20N2O3. The second kappa shape index (κ2) is 6.74. The lowest BCUT2D eigenvalue weighted by molar-refractivity contribution is -0.130. The van der Waals surface area contributed by atoms with E-state index in [1.54, 1.807) is 14.2 Å². The fourth-order valence-corrected chi connectivity index (χ4v) is 2.95. The van der Waals surface area contributed by atoms with Crippen LogP contribution in [0.5, 0.6) is 11.5 Å². The zero-order valence-corrected chi connectivity index (χ0v) is 14.0. The summed E-state index contributed by atoms with van der Waals surface area (Å²) in [5, 5.41) is 6.10. The van der Waals surface area contributed by atoms with Crippen molar-refractivity contribution >= 4 is 11.6 Å². The fourth-order valence-electron chi connectivity index (χ4n) is 2.95. The largest absolute Gasteiger partial charge is 0.497 e. The third-order valence-corrected chi connectivity index (χ3v) is 4.13. The summed E-state index contributed by atoms with van der Waals surface area (Å²) in [5.74, 6) is 1.43. The molecule has 5 heteroatoms. The van der Waals surface area contributed by atoms with E-state index in [0.717, 1.165) is 28.3 Å². The van der Waals surface area contributed by atoms with E-state index in [0.29, 0.717) is 6.42 Å². The Morgan fingerprint density at radius 1 is 1.12 bits per heavy atom. The molecule has 0 fully saturated rings. The van der Waals surface area contributed by atoms with Crippen molar-refractivity contribution in [2.45, 2.75) is 19.4 Å². The van der Waals surface area contributed by atoms with Gasteiger partial charge in [-0.3, -0.25) is 4.79 Å². The molecule has 3 rings (SSSR count). The van der Waals surface area contributed by atoms with Crippen LogP contribution in [-0.4, -0.2) is 30.8 Å². The second-order valence-corrected chi connectivity index (χ2v) is 5.61. The smallest absolute Gasteiger partial charge is 0.240 e. The van der Waals surface area contributed by atoms with Crippen LogP contribution in [0.3, 0.4) is 0 Å². The summed E-state index contributed by atoms with van der Waals surface area (Å²) in [6, 6.07) is 15.3. The van der Waals surface area contributed by atoms with Crippen LogP contribution in [0.2, 0.25) is 0 Å². The maximum atomic E-state index is 12.1. The summed E-state index contributed by atoms with van der Waals surface area (Å²) >= 11 is 0. The minimum atomic E-state index is -0.141. The number of para-hydroxylation sites is 1. The molecule has 0 saturated heterocycles. The third-order valence-electron chi connectivity index (χ3n) is 4.13. The van der Waals surface area contributed by atoms with Gasteiger partial charge in [0.1, 0.15) is 11.5 Å². The molecule has 0 radical (unpaired) electrons. The molecule has 124 valence electrons. The molecule has 1 atom stereocenters. The number of rotatable bonds is 4. The number of benzene rings is 2. The molecule has 1 aliphatic heterocycles. The van der Waals surface area contributed by atoms with Gasteiger partial charge in [-0.15, -0.1) is 0 Å². The number of methoxy groups -OCH3 is 2. The number of ether oxygens (including phenoxy) is 2. The lowest BCUT2D eigenvalue weighted by atomic mass is 9.98. The van der Waals surface area contributed by atoms with Crippen LogP contribution in [0.25, 0.3) is 0 Å². The highest BCUT2D eigenvalue weighted by molar-refractivity contribution is 6.05. The van der Waals surface area contributed by atoms with E-state index in [4.69, 9.17) is 9.47 Å². The Morgan fingerprint density at radius 3 is 2.62 bits per heavy atom. The van der Waals surface area contributed by atoms with Gasteiger partial charge in [-0.1, -0.05) is 24.3 Å².